The molecule has 5 heteroatoms. The summed E-state index contributed by atoms with van der Waals surface area (Å²) in [6.45, 7) is 3.46. The highest BCUT2D eigenvalue weighted by atomic mass is 16.3. The molecule has 0 aromatic heterocycles. The molecule has 2 amide bonds. The van der Waals surface area contributed by atoms with E-state index in [1.54, 1.807) is 0 Å². The van der Waals surface area contributed by atoms with Crippen LogP contribution in [0.1, 0.15) is 45.4 Å². The van der Waals surface area contributed by atoms with Crippen molar-refractivity contribution in [3.05, 3.63) is 0 Å². The van der Waals surface area contributed by atoms with Gasteiger partial charge in [0.15, 0.2) is 0 Å². The summed E-state index contributed by atoms with van der Waals surface area (Å²) in [4.78, 5) is 26.2. The standard InChI is InChI=1S/C15H26N2O3/c1-2-13(7-9-18)16-14(19)12-4-3-8-17(10-12)15(20)11-5-6-11/h11-13,18H,2-10H2,1H3,(H,16,19). The molecule has 1 heterocycles. The van der Waals surface area contributed by atoms with Gasteiger partial charge < -0.3 is 15.3 Å². The zero-order valence-electron chi connectivity index (χ0n) is 12.3. The van der Waals surface area contributed by atoms with E-state index < -0.39 is 0 Å². The summed E-state index contributed by atoms with van der Waals surface area (Å²) in [6, 6.07) is 0.0435. The molecular weight excluding hydrogens is 256 g/mol. The normalized spacial score (nSPS) is 24.3. The number of piperidine rings is 1. The Morgan fingerprint density at radius 3 is 2.65 bits per heavy atom. The lowest BCUT2D eigenvalue weighted by Crippen LogP contribution is -2.48. The zero-order valence-corrected chi connectivity index (χ0v) is 12.3. The summed E-state index contributed by atoms with van der Waals surface area (Å²) in [5, 5.41) is 12.0. The lowest BCUT2D eigenvalue weighted by molar-refractivity contribution is -0.137. The van der Waals surface area contributed by atoms with E-state index >= 15 is 0 Å². The molecule has 2 atom stereocenters. The van der Waals surface area contributed by atoms with Crippen molar-refractivity contribution >= 4 is 11.8 Å². The zero-order chi connectivity index (χ0) is 14.5. The molecule has 0 aromatic rings. The van der Waals surface area contributed by atoms with Gasteiger partial charge in [-0.3, -0.25) is 9.59 Å². The molecule has 0 aromatic carbocycles. The fourth-order valence-corrected chi connectivity index (χ4v) is 2.83. The van der Waals surface area contributed by atoms with Crippen LogP contribution in [0, 0.1) is 11.8 Å². The SMILES string of the molecule is CCC(CCO)NC(=O)C1CCCN(C(=O)C2CC2)C1. The third-order valence-corrected chi connectivity index (χ3v) is 4.35. The molecule has 2 unspecified atom stereocenters. The molecule has 0 bridgehead atoms. The number of nitrogens with zero attached hydrogens (tertiary/aromatic N) is 1. The summed E-state index contributed by atoms with van der Waals surface area (Å²) in [6.07, 6.45) is 5.22. The van der Waals surface area contributed by atoms with Crippen molar-refractivity contribution in [2.45, 2.75) is 51.5 Å². The Morgan fingerprint density at radius 1 is 1.30 bits per heavy atom. The van der Waals surface area contributed by atoms with Crippen LogP contribution >= 0.6 is 0 Å². The molecule has 2 aliphatic rings. The first-order chi connectivity index (χ1) is 9.65. The van der Waals surface area contributed by atoms with Gasteiger partial charge in [-0.2, -0.15) is 0 Å². The first-order valence-electron chi connectivity index (χ1n) is 7.85. The largest absolute Gasteiger partial charge is 0.396 e. The number of carbonyl (C=O) groups is 2. The Hall–Kier alpha value is -1.10. The number of aliphatic hydroxyl groups excluding tert-OH is 1. The van der Waals surface area contributed by atoms with Crippen LogP contribution in [0.15, 0.2) is 0 Å². The molecule has 2 rings (SSSR count). The topological polar surface area (TPSA) is 69.6 Å². The quantitative estimate of drug-likeness (QED) is 0.761. The van der Waals surface area contributed by atoms with Crippen LogP contribution in [0.25, 0.3) is 0 Å². The number of amides is 2. The van der Waals surface area contributed by atoms with Crippen LogP contribution in [0.4, 0.5) is 0 Å². The van der Waals surface area contributed by atoms with E-state index in [9.17, 15) is 9.59 Å². The van der Waals surface area contributed by atoms with Crippen molar-refractivity contribution in [1.29, 1.82) is 0 Å². The van der Waals surface area contributed by atoms with E-state index in [-0.39, 0.29) is 36.3 Å². The molecule has 0 radical (unpaired) electrons. The van der Waals surface area contributed by atoms with Gasteiger partial charge in [-0.25, -0.2) is 0 Å². The molecule has 1 aliphatic carbocycles. The maximum absolute atomic E-state index is 12.3. The Kier molecular flexibility index (Phi) is 5.40. The minimum atomic E-state index is -0.0841. The second-order valence-electron chi connectivity index (χ2n) is 6.02. The highest BCUT2D eigenvalue weighted by Crippen LogP contribution is 2.32. The first kappa shape index (κ1) is 15.3. The lowest BCUT2D eigenvalue weighted by Gasteiger charge is -2.33. The van der Waals surface area contributed by atoms with Crippen molar-refractivity contribution in [1.82, 2.24) is 10.2 Å². The molecule has 1 aliphatic heterocycles. The van der Waals surface area contributed by atoms with Gasteiger partial charge in [0, 0.05) is 31.7 Å². The third kappa shape index (κ3) is 3.95. The van der Waals surface area contributed by atoms with Gasteiger partial charge in [0.25, 0.3) is 0 Å². The number of aliphatic hydroxyl groups is 1. The Bertz CT molecular complexity index is 355. The number of likely N-dealkylation sites (tertiary alicyclic amines) is 1. The molecule has 20 heavy (non-hydrogen) atoms. The van der Waals surface area contributed by atoms with Gasteiger partial charge in [-0.15, -0.1) is 0 Å². The highest BCUT2D eigenvalue weighted by molar-refractivity contribution is 5.83. The number of nitrogens with one attached hydrogen (secondary N) is 1. The van der Waals surface area contributed by atoms with Gasteiger partial charge in [0.05, 0.1) is 5.92 Å². The van der Waals surface area contributed by atoms with Crippen molar-refractivity contribution in [3.8, 4) is 0 Å². The Balaban J connectivity index is 1.84. The van der Waals surface area contributed by atoms with Gasteiger partial charge >= 0.3 is 0 Å². The van der Waals surface area contributed by atoms with Crippen molar-refractivity contribution < 1.29 is 14.7 Å². The summed E-state index contributed by atoms with van der Waals surface area (Å²) < 4.78 is 0. The molecule has 0 spiro atoms. The van der Waals surface area contributed by atoms with Crippen LogP contribution in [0.5, 0.6) is 0 Å². The second kappa shape index (κ2) is 7.07. The maximum Gasteiger partial charge on any atom is 0.225 e. The van der Waals surface area contributed by atoms with Crippen LogP contribution in [0.2, 0.25) is 0 Å². The molecule has 2 fully saturated rings. The average molecular weight is 282 g/mol. The average Bonchev–Trinajstić information content (AvgIpc) is 3.30. The second-order valence-corrected chi connectivity index (χ2v) is 6.02. The predicted octanol–water partition coefficient (Wildman–Crippen LogP) is 0.912. The van der Waals surface area contributed by atoms with E-state index in [0.29, 0.717) is 13.0 Å². The summed E-state index contributed by atoms with van der Waals surface area (Å²) in [5.74, 6) is 0.428. The van der Waals surface area contributed by atoms with Crippen molar-refractivity contribution in [3.63, 3.8) is 0 Å². The van der Waals surface area contributed by atoms with E-state index in [0.717, 1.165) is 38.6 Å². The minimum Gasteiger partial charge on any atom is -0.396 e. The van der Waals surface area contributed by atoms with Gasteiger partial charge in [-0.1, -0.05) is 6.92 Å². The van der Waals surface area contributed by atoms with Crippen LogP contribution in [-0.4, -0.2) is 47.6 Å². The fourth-order valence-electron chi connectivity index (χ4n) is 2.83. The Morgan fingerprint density at radius 2 is 2.05 bits per heavy atom. The number of hydrogen-bond donors (Lipinski definition) is 2. The summed E-state index contributed by atoms with van der Waals surface area (Å²) in [7, 11) is 0. The van der Waals surface area contributed by atoms with E-state index in [1.165, 1.54) is 0 Å². The summed E-state index contributed by atoms with van der Waals surface area (Å²) in [5.41, 5.74) is 0. The van der Waals surface area contributed by atoms with Crippen LogP contribution in [-0.2, 0) is 9.59 Å². The number of hydrogen-bond acceptors (Lipinski definition) is 3. The smallest absolute Gasteiger partial charge is 0.225 e. The fraction of sp³-hybridized carbons (Fsp3) is 0.867. The van der Waals surface area contributed by atoms with Crippen LogP contribution in [0.3, 0.4) is 0 Å². The van der Waals surface area contributed by atoms with Crippen molar-refractivity contribution in [2.75, 3.05) is 19.7 Å². The molecular formula is C15H26N2O3. The van der Waals surface area contributed by atoms with Crippen LogP contribution < -0.4 is 5.32 Å². The molecule has 1 saturated heterocycles. The molecule has 1 saturated carbocycles. The highest BCUT2D eigenvalue weighted by Gasteiger charge is 2.36. The van der Waals surface area contributed by atoms with Gasteiger partial charge in [0.2, 0.25) is 11.8 Å². The number of carbonyl (C=O) groups excluding carboxylic acids is 2. The maximum atomic E-state index is 12.3. The Labute approximate surface area is 120 Å². The molecule has 2 N–H and O–H groups in total. The monoisotopic (exact) mass is 282 g/mol. The summed E-state index contributed by atoms with van der Waals surface area (Å²) >= 11 is 0. The van der Waals surface area contributed by atoms with E-state index in [4.69, 9.17) is 5.11 Å². The number of rotatable bonds is 6. The van der Waals surface area contributed by atoms with Crippen molar-refractivity contribution in [2.24, 2.45) is 11.8 Å². The van der Waals surface area contributed by atoms with Gasteiger partial charge in [0.1, 0.15) is 0 Å². The first-order valence-corrected chi connectivity index (χ1v) is 7.85. The van der Waals surface area contributed by atoms with E-state index in [1.807, 2.05) is 11.8 Å². The minimum absolute atomic E-state index is 0.0404. The third-order valence-electron chi connectivity index (χ3n) is 4.35. The van der Waals surface area contributed by atoms with E-state index in [2.05, 4.69) is 5.32 Å². The van der Waals surface area contributed by atoms with Gasteiger partial charge in [-0.05, 0) is 38.5 Å². The molecule has 5 nitrogen and oxygen atoms in total. The predicted molar refractivity (Wildman–Crippen MR) is 76.0 cm³/mol. The molecule has 114 valence electrons. The lowest BCUT2D eigenvalue weighted by atomic mass is 9.96.